The first-order valence-corrected chi connectivity index (χ1v) is 3.81. The molecular formula is C7H13ClNO3-. The number of aliphatic carboxylic acids is 1. The number of carboxylic acid groups (broad SMARTS) is 1. The van der Waals surface area contributed by atoms with E-state index in [1.165, 1.54) is 0 Å². The van der Waals surface area contributed by atoms with Crippen molar-refractivity contribution in [2.45, 2.75) is 6.42 Å². The summed E-state index contributed by atoms with van der Waals surface area (Å²) >= 11 is 0. The van der Waals surface area contributed by atoms with Crippen molar-refractivity contribution >= 4 is 5.97 Å². The zero-order valence-electron chi connectivity index (χ0n) is 6.83. The average Bonchev–Trinajstić information content (AvgIpc) is 2.03. The fraction of sp³-hybridized carbons (Fsp3) is 0.857. The second kappa shape index (κ2) is 6.22. The van der Waals surface area contributed by atoms with Crippen molar-refractivity contribution < 1.29 is 27.0 Å². The Kier molecular flexibility index (Phi) is 6.06. The SMILES string of the molecule is O=C(O)CCN1CCOCC1.[Cl-]. The van der Waals surface area contributed by atoms with E-state index in [4.69, 9.17) is 9.84 Å². The van der Waals surface area contributed by atoms with Gasteiger partial charge in [0.1, 0.15) is 0 Å². The fourth-order valence-corrected chi connectivity index (χ4v) is 1.08. The van der Waals surface area contributed by atoms with Gasteiger partial charge in [0.25, 0.3) is 0 Å². The van der Waals surface area contributed by atoms with Crippen molar-refractivity contribution in [1.82, 2.24) is 4.90 Å². The minimum absolute atomic E-state index is 0. The zero-order valence-corrected chi connectivity index (χ0v) is 7.59. The molecule has 0 atom stereocenters. The van der Waals surface area contributed by atoms with Gasteiger partial charge in [-0.1, -0.05) is 0 Å². The molecular weight excluding hydrogens is 182 g/mol. The molecule has 0 aromatic carbocycles. The summed E-state index contributed by atoms with van der Waals surface area (Å²) in [6.45, 7) is 3.86. The molecule has 0 bridgehead atoms. The lowest BCUT2D eigenvalue weighted by Crippen LogP contribution is -3.00. The van der Waals surface area contributed by atoms with Crippen LogP contribution >= 0.6 is 0 Å². The summed E-state index contributed by atoms with van der Waals surface area (Å²) in [5, 5.41) is 8.39. The molecule has 1 saturated heterocycles. The molecule has 1 N–H and O–H groups in total. The standard InChI is InChI=1S/C7H13NO3.ClH/c9-7(10)1-2-8-3-5-11-6-4-8;/h1-6H2,(H,9,10);1H/p-1. The van der Waals surface area contributed by atoms with Crippen LogP contribution in [0.25, 0.3) is 0 Å². The second-order valence-electron chi connectivity index (χ2n) is 2.60. The van der Waals surface area contributed by atoms with E-state index in [1.807, 2.05) is 0 Å². The molecule has 5 heteroatoms. The first-order valence-electron chi connectivity index (χ1n) is 3.81. The molecule has 1 heterocycles. The minimum atomic E-state index is -0.725. The topological polar surface area (TPSA) is 49.8 Å². The number of halogens is 1. The molecule has 0 spiro atoms. The largest absolute Gasteiger partial charge is 1.00 e. The van der Waals surface area contributed by atoms with Crippen molar-refractivity contribution in [3.05, 3.63) is 0 Å². The van der Waals surface area contributed by atoms with Gasteiger partial charge in [0.05, 0.1) is 19.6 Å². The predicted molar refractivity (Wildman–Crippen MR) is 39.5 cm³/mol. The van der Waals surface area contributed by atoms with Crippen LogP contribution in [-0.2, 0) is 9.53 Å². The van der Waals surface area contributed by atoms with Gasteiger partial charge in [0.2, 0.25) is 0 Å². The van der Waals surface area contributed by atoms with Crippen LogP contribution in [0.1, 0.15) is 6.42 Å². The van der Waals surface area contributed by atoms with E-state index >= 15 is 0 Å². The van der Waals surface area contributed by atoms with Crippen LogP contribution in [0.5, 0.6) is 0 Å². The van der Waals surface area contributed by atoms with Gasteiger partial charge < -0.3 is 22.3 Å². The summed E-state index contributed by atoms with van der Waals surface area (Å²) in [6.07, 6.45) is 0.236. The van der Waals surface area contributed by atoms with E-state index in [2.05, 4.69) is 4.90 Å². The van der Waals surface area contributed by atoms with Crippen molar-refractivity contribution in [3.8, 4) is 0 Å². The Morgan fingerprint density at radius 1 is 1.42 bits per heavy atom. The Balaban J connectivity index is 0.00000121. The highest BCUT2D eigenvalue weighted by atomic mass is 35.5. The lowest BCUT2D eigenvalue weighted by atomic mass is 10.3. The molecule has 0 aliphatic carbocycles. The fourth-order valence-electron chi connectivity index (χ4n) is 1.08. The monoisotopic (exact) mass is 194 g/mol. The van der Waals surface area contributed by atoms with E-state index in [1.54, 1.807) is 0 Å². The maximum absolute atomic E-state index is 10.2. The molecule has 0 saturated carbocycles. The summed E-state index contributed by atoms with van der Waals surface area (Å²) in [5.41, 5.74) is 0. The van der Waals surface area contributed by atoms with E-state index in [9.17, 15) is 4.79 Å². The highest BCUT2D eigenvalue weighted by Gasteiger charge is 2.10. The first-order chi connectivity index (χ1) is 5.29. The van der Waals surface area contributed by atoms with E-state index < -0.39 is 5.97 Å². The van der Waals surface area contributed by atoms with Crippen molar-refractivity contribution in [1.29, 1.82) is 0 Å². The zero-order chi connectivity index (χ0) is 8.10. The predicted octanol–water partition coefficient (Wildman–Crippen LogP) is -3.20. The summed E-state index contributed by atoms with van der Waals surface area (Å²) in [5.74, 6) is -0.725. The lowest BCUT2D eigenvalue weighted by Gasteiger charge is -2.25. The number of morpholine rings is 1. The average molecular weight is 195 g/mol. The quantitative estimate of drug-likeness (QED) is 0.514. The van der Waals surface area contributed by atoms with Crippen LogP contribution in [0.2, 0.25) is 0 Å². The molecule has 1 aliphatic heterocycles. The van der Waals surface area contributed by atoms with E-state index in [-0.39, 0.29) is 18.8 Å². The molecule has 1 rings (SSSR count). The third-order valence-electron chi connectivity index (χ3n) is 1.75. The highest BCUT2D eigenvalue weighted by Crippen LogP contribution is 1.97. The van der Waals surface area contributed by atoms with Crippen LogP contribution in [-0.4, -0.2) is 48.8 Å². The number of rotatable bonds is 3. The number of ether oxygens (including phenoxy) is 1. The number of hydrogen-bond donors (Lipinski definition) is 1. The van der Waals surface area contributed by atoms with Gasteiger partial charge in [0.15, 0.2) is 0 Å². The van der Waals surface area contributed by atoms with Crippen LogP contribution in [0.4, 0.5) is 0 Å². The van der Waals surface area contributed by atoms with Gasteiger partial charge in [-0.25, -0.2) is 0 Å². The van der Waals surface area contributed by atoms with Gasteiger partial charge in [-0.15, -0.1) is 0 Å². The van der Waals surface area contributed by atoms with Gasteiger partial charge in [0, 0.05) is 19.6 Å². The van der Waals surface area contributed by atoms with Gasteiger partial charge in [-0.05, 0) is 0 Å². The Morgan fingerprint density at radius 3 is 2.50 bits per heavy atom. The Morgan fingerprint density at radius 2 is 2.00 bits per heavy atom. The molecule has 1 fully saturated rings. The molecule has 12 heavy (non-hydrogen) atoms. The number of nitrogens with zero attached hydrogens (tertiary/aromatic N) is 1. The summed E-state index contributed by atoms with van der Waals surface area (Å²) in [7, 11) is 0. The van der Waals surface area contributed by atoms with Crippen molar-refractivity contribution in [3.63, 3.8) is 0 Å². The molecule has 72 valence electrons. The van der Waals surface area contributed by atoms with Gasteiger partial charge in [-0.3, -0.25) is 9.69 Å². The minimum Gasteiger partial charge on any atom is -1.00 e. The normalized spacial score (nSPS) is 18.3. The number of hydrogen-bond acceptors (Lipinski definition) is 3. The smallest absolute Gasteiger partial charge is 0.304 e. The number of carbonyl (C=O) groups is 1. The third-order valence-corrected chi connectivity index (χ3v) is 1.75. The van der Waals surface area contributed by atoms with Crippen LogP contribution in [0.15, 0.2) is 0 Å². The second-order valence-corrected chi connectivity index (χ2v) is 2.60. The number of carboxylic acids is 1. The Labute approximate surface area is 77.9 Å². The third kappa shape index (κ3) is 4.54. The van der Waals surface area contributed by atoms with Crippen LogP contribution in [0, 0.1) is 0 Å². The summed E-state index contributed by atoms with van der Waals surface area (Å²) in [6, 6.07) is 0. The van der Waals surface area contributed by atoms with Gasteiger partial charge in [-0.2, -0.15) is 0 Å². The molecule has 0 amide bonds. The molecule has 0 aromatic rings. The Bertz CT molecular complexity index is 137. The van der Waals surface area contributed by atoms with E-state index in [0.717, 1.165) is 26.3 Å². The maximum Gasteiger partial charge on any atom is 0.304 e. The van der Waals surface area contributed by atoms with Crippen LogP contribution < -0.4 is 12.4 Å². The Hall–Kier alpha value is -0.320. The molecule has 0 radical (unpaired) electrons. The van der Waals surface area contributed by atoms with Gasteiger partial charge >= 0.3 is 5.97 Å². The highest BCUT2D eigenvalue weighted by molar-refractivity contribution is 5.66. The summed E-state index contributed by atoms with van der Waals surface area (Å²) in [4.78, 5) is 12.3. The van der Waals surface area contributed by atoms with Crippen molar-refractivity contribution in [2.75, 3.05) is 32.8 Å². The van der Waals surface area contributed by atoms with E-state index in [0.29, 0.717) is 6.54 Å². The maximum atomic E-state index is 10.2. The molecule has 1 aliphatic rings. The first kappa shape index (κ1) is 11.7. The van der Waals surface area contributed by atoms with Crippen molar-refractivity contribution in [2.24, 2.45) is 0 Å². The summed E-state index contributed by atoms with van der Waals surface area (Å²) < 4.78 is 5.12. The molecule has 0 unspecified atom stereocenters. The molecule has 0 aromatic heterocycles. The van der Waals surface area contributed by atoms with Crippen LogP contribution in [0.3, 0.4) is 0 Å². The lowest BCUT2D eigenvalue weighted by molar-refractivity contribution is -0.137. The molecule has 4 nitrogen and oxygen atoms in total.